The van der Waals surface area contributed by atoms with Crippen LogP contribution in [0.5, 0.6) is 0 Å². The number of aryl methyl sites for hydroxylation is 2. The van der Waals surface area contributed by atoms with Crippen molar-refractivity contribution in [2.75, 3.05) is 13.6 Å². The summed E-state index contributed by atoms with van der Waals surface area (Å²) in [6.07, 6.45) is 4.46. The smallest absolute Gasteiger partial charge is 0.265 e. The standard InChI is InChI=1S/C16H25N5OS/c1-10(2)13(17)6-7-20(4)16(22)14-11(3)19-15(23-14)12-8-18-21(5)9-12/h8-10,13H,6-7,17H2,1-5H3. The van der Waals surface area contributed by atoms with Crippen molar-refractivity contribution in [3.05, 3.63) is 23.0 Å². The monoisotopic (exact) mass is 335 g/mol. The molecule has 0 aliphatic heterocycles. The molecule has 0 saturated heterocycles. The lowest BCUT2D eigenvalue weighted by Crippen LogP contribution is -2.34. The van der Waals surface area contributed by atoms with Crippen LogP contribution in [0.25, 0.3) is 10.6 Å². The van der Waals surface area contributed by atoms with Crippen LogP contribution in [0.2, 0.25) is 0 Å². The molecule has 0 aliphatic rings. The molecule has 23 heavy (non-hydrogen) atoms. The maximum absolute atomic E-state index is 12.6. The van der Waals surface area contributed by atoms with Crippen LogP contribution in [0, 0.1) is 12.8 Å². The van der Waals surface area contributed by atoms with Gasteiger partial charge in [-0.25, -0.2) is 4.98 Å². The van der Waals surface area contributed by atoms with Gasteiger partial charge in [-0.2, -0.15) is 5.10 Å². The van der Waals surface area contributed by atoms with E-state index in [0.29, 0.717) is 17.3 Å². The first-order valence-electron chi connectivity index (χ1n) is 7.77. The Morgan fingerprint density at radius 1 is 1.48 bits per heavy atom. The fourth-order valence-corrected chi connectivity index (χ4v) is 3.24. The molecule has 0 bridgehead atoms. The largest absolute Gasteiger partial charge is 0.341 e. The molecule has 2 aromatic heterocycles. The highest BCUT2D eigenvalue weighted by molar-refractivity contribution is 7.17. The molecule has 2 N–H and O–H groups in total. The second-order valence-corrected chi connectivity index (χ2v) is 7.26. The van der Waals surface area contributed by atoms with Gasteiger partial charge in [0.15, 0.2) is 0 Å². The fourth-order valence-electron chi connectivity index (χ4n) is 2.20. The summed E-state index contributed by atoms with van der Waals surface area (Å²) < 4.78 is 1.73. The van der Waals surface area contributed by atoms with Crippen LogP contribution in [0.15, 0.2) is 12.4 Å². The van der Waals surface area contributed by atoms with E-state index >= 15 is 0 Å². The van der Waals surface area contributed by atoms with Gasteiger partial charge in [-0.15, -0.1) is 11.3 Å². The summed E-state index contributed by atoms with van der Waals surface area (Å²) in [6, 6.07) is 0.110. The summed E-state index contributed by atoms with van der Waals surface area (Å²) in [5.41, 5.74) is 7.76. The van der Waals surface area contributed by atoms with Crippen LogP contribution in [-0.4, -0.2) is 45.2 Å². The van der Waals surface area contributed by atoms with E-state index in [1.807, 2.05) is 27.2 Å². The molecule has 126 valence electrons. The maximum Gasteiger partial charge on any atom is 0.265 e. The predicted molar refractivity (Wildman–Crippen MR) is 93.4 cm³/mol. The highest BCUT2D eigenvalue weighted by Crippen LogP contribution is 2.28. The number of hydrogen-bond donors (Lipinski definition) is 1. The number of thiazole rings is 1. The van der Waals surface area contributed by atoms with Gasteiger partial charge in [0.05, 0.1) is 11.9 Å². The van der Waals surface area contributed by atoms with E-state index in [-0.39, 0.29) is 11.9 Å². The summed E-state index contributed by atoms with van der Waals surface area (Å²) in [5, 5.41) is 4.98. The molecular weight excluding hydrogens is 310 g/mol. The third-order valence-corrected chi connectivity index (χ3v) is 5.14. The molecule has 1 amide bonds. The number of nitrogens with zero attached hydrogens (tertiary/aromatic N) is 4. The van der Waals surface area contributed by atoms with Crippen molar-refractivity contribution in [3.8, 4) is 10.6 Å². The van der Waals surface area contributed by atoms with Gasteiger partial charge in [-0.3, -0.25) is 9.48 Å². The molecule has 0 fully saturated rings. The summed E-state index contributed by atoms with van der Waals surface area (Å²) >= 11 is 1.42. The predicted octanol–water partition coefficient (Wildman–Crippen LogP) is 2.30. The minimum atomic E-state index is 0.00564. The first-order chi connectivity index (χ1) is 10.8. The highest BCUT2D eigenvalue weighted by atomic mass is 32.1. The van der Waals surface area contributed by atoms with Crippen LogP contribution in [0.1, 0.15) is 35.6 Å². The van der Waals surface area contributed by atoms with Gasteiger partial charge in [-0.1, -0.05) is 13.8 Å². The van der Waals surface area contributed by atoms with Crippen LogP contribution < -0.4 is 5.73 Å². The number of carbonyl (C=O) groups is 1. The first kappa shape index (κ1) is 17.6. The number of aromatic nitrogens is 3. The summed E-state index contributed by atoms with van der Waals surface area (Å²) in [4.78, 5) is 19.6. The van der Waals surface area contributed by atoms with Crippen molar-refractivity contribution in [1.29, 1.82) is 0 Å². The molecule has 2 aromatic rings. The lowest BCUT2D eigenvalue weighted by Gasteiger charge is -2.21. The number of carbonyl (C=O) groups excluding carboxylic acids is 1. The van der Waals surface area contributed by atoms with Gasteiger partial charge in [0.25, 0.3) is 5.91 Å². The molecule has 0 saturated carbocycles. The molecule has 0 aromatic carbocycles. The van der Waals surface area contributed by atoms with E-state index in [1.54, 1.807) is 15.8 Å². The van der Waals surface area contributed by atoms with E-state index in [9.17, 15) is 4.79 Å². The second-order valence-electron chi connectivity index (χ2n) is 6.26. The summed E-state index contributed by atoms with van der Waals surface area (Å²) in [7, 11) is 3.68. The third kappa shape index (κ3) is 4.17. The van der Waals surface area contributed by atoms with E-state index in [1.165, 1.54) is 11.3 Å². The number of amides is 1. The van der Waals surface area contributed by atoms with Crippen molar-refractivity contribution in [3.63, 3.8) is 0 Å². The Bertz CT molecular complexity index is 676. The van der Waals surface area contributed by atoms with Gasteiger partial charge in [0, 0.05) is 38.4 Å². The number of hydrogen-bond acceptors (Lipinski definition) is 5. The zero-order chi connectivity index (χ0) is 17.1. The average molecular weight is 335 g/mol. The topological polar surface area (TPSA) is 77.0 Å². The molecule has 0 radical (unpaired) electrons. The molecule has 0 spiro atoms. The minimum absolute atomic E-state index is 0.00564. The van der Waals surface area contributed by atoms with Crippen molar-refractivity contribution in [2.24, 2.45) is 18.7 Å². The van der Waals surface area contributed by atoms with Gasteiger partial charge in [-0.05, 0) is 19.3 Å². The summed E-state index contributed by atoms with van der Waals surface area (Å²) in [5.74, 6) is 0.423. The van der Waals surface area contributed by atoms with Crippen LogP contribution in [-0.2, 0) is 7.05 Å². The Hall–Kier alpha value is -1.73. The number of nitrogens with two attached hydrogens (primary N) is 1. The van der Waals surface area contributed by atoms with Crippen LogP contribution in [0.3, 0.4) is 0 Å². The van der Waals surface area contributed by atoms with E-state index in [0.717, 1.165) is 22.7 Å². The number of rotatable bonds is 6. The SMILES string of the molecule is Cc1nc(-c2cnn(C)c2)sc1C(=O)N(C)CCC(N)C(C)C. The zero-order valence-electron chi connectivity index (χ0n) is 14.4. The van der Waals surface area contributed by atoms with E-state index < -0.39 is 0 Å². The van der Waals surface area contributed by atoms with Gasteiger partial charge < -0.3 is 10.6 Å². The van der Waals surface area contributed by atoms with E-state index in [4.69, 9.17) is 5.73 Å². The molecule has 2 rings (SSSR count). The lowest BCUT2D eigenvalue weighted by atomic mass is 10.0. The molecule has 7 heteroatoms. The van der Waals surface area contributed by atoms with Crippen LogP contribution in [0.4, 0.5) is 0 Å². The summed E-state index contributed by atoms with van der Waals surface area (Å²) in [6.45, 7) is 6.72. The maximum atomic E-state index is 12.6. The molecule has 0 aliphatic carbocycles. The molecule has 6 nitrogen and oxygen atoms in total. The Morgan fingerprint density at radius 2 is 2.17 bits per heavy atom. The average Bonchev–Trinajstić information content (AvgIpc) is 3.09. The molecule has 1 atom stereocenters. The first-order valence-corrected chi connectivity index (χ1v) is 8.58. The van der Waals surface area contributed by atoms with Crippen LogP contribution >= 0.6 is 11.3 Å². The van der Waals surface area contributed by atoms with Crippen molar-refractivity contribution < 1.29 is 4.79 Å². The molecule has 1 unspecified atom stereocenters. The third-order valence-electron chi connectivity index (χ3n) is 3.94. The van der Waals surface area contributed by atoms with Gasteiger partial charge in [0.1, 0.15) is 9.88 Å². The highest BCUT2D eigenvalue weighted by Gasteiger charge is 2.20. The zero-order valence-corrected chi connectivity index (χ0v) is 15.2. The lowest BCUT2D eigenvalue weighted by molar-refractivity contribution is 0.0793. The molecule has 2 heterocycles. The Kier molecular flexibility index (Phi) is 5.54. The Morgan fingerprint density at radius 3 is 2.74 bits per heavy atom. The van der Waals surface area contributed by atoms with Gasteiger partial charge in [0.2, 0.25) is 0 Å². The minimum Gasteiger partial charge on any atom is -0.341 e. The Labute approximate surface area is 141 Å². The quantitative estimate of drug-likeness (QED) is 0.879. The van der Waals surface area contributed by atoms with Gasteiger partial charge >= 0.3 is 0 Å². The Balaban J connectivity index is 2.09. The normalized spacial score (nSPS) is 12.7. The second kappa shape index (κ2) is 7.23. The van der Waals surface area contributed by atoms with Crippen molar-refractivity contribution >= 4 is 17.2 Å². The fraction of sp³-hybridized carbons (Fsp3) is 0.562. The van der Waals surface area contributed by atoms with Crippen molar-refractivity contribution in [1.82, 2.24) is 19.7 Å². The van der Waals surface area contributed by atoms with Crippen molar-refractivity contribution in [2.45, 2.75) is 33.2 Å². The van der Waals surface area contributed by atoms with E-state index in [2.05, 4.69) is 23.9 Å². The molecular formula is C16H25N5OS.